The largest absolute Gasteiger partial charge is 0.374 e. The summed E-state index contributed by atoms with van der Waals surface area (Å²) in [5.41, 5.74) is 0.0114. The summed E-state index contributed by atoms with van der Waals surface area (Å²) in [5.74, 6) is 0.207. The topological polar surface area (TPSA) is 45.0 Å². The molecule has 16 heavy (non-hydrogen) atoms. The van der Waals surface area contributed by atoms with Gasteiger partial charge in [-0.2, -0.15) is 5.26 Å². The molecule has 2 aliphatic rings. The summed E-state index contributed by atoms with van der Waals surface area (Å²) < 4.78 is 5.75. The van der Waals surface area contributed by atoms with E-state index in [9.17, 15) is 0 Å². The van der Waals surface area contributed by atoms with Gasteiger partial charge in [-0.3, -0.25) is 0 Å². The van der Waals surface area contributed by atoms with Crippen molar-refractivity contribution >= 4 is 0 Å². The van der Waals surface area contributed by atoms with Crippen molar-refractivity contribution in [2.45, 2.75) is 57.1 Å². The number of rotatable bonds is 3. The zero-order valence-electron chi connectivity index (χ0n) is 10.2. The van der Waals surface area contributed by atoms with E-state index >= 15 is 0 Å². The molecular weight excluding hydrogens is 200 g/mol. The third-order valence-electron chi connectivity index (χ3n) is 3.97. The SMILES string of the molecule is CC1(CNC2CCCCC2C#N)CCCO1. The molecule has 0 aromatic rings. The van der Waals surface area contributed by atoms with Crippen LogP contribution in [0.5, 0.6) is 0 Å². The molecule has 0 amide bonds. The first-order valence-electron chi connectivity index (χ1n) is 6.50. The molecule has 3 atom stereocenters. The number of nitrogens with one attached hydrogen (secondary N) is 1. The van der Waals surface area contributed by atoms with Gasteiger partial charge in [0, 0.05) is 19.2 Å². The van der Waals surface area contributed by atoms with Crippen LogP contribution in [-0.4, -0.2) is 24.8 Å². The summed E-state index contributed by atoms with van der Waals surface area (Å²) in [5, 5.41) is 12.7. The van der Waals surface area contributed by atoms with Crippen molar-refractivity contribution in [3.8, 4) is 6.07 Å². The summed E-state index contributed by atoms with van der Waals surface area (Å²) in [6.07, 6.45) is 6.99. The summed E-state index contributed by atoms with van der Waals surface area (Å²) in [6.45, 7) is 3.97. The molecule has 1 aliphatic heterocycles. The predicted molar refractivity (Wildman–Crippen MR) is 63.0 cm³/mol. The first-order chi connectivity index (χ1) is 7.73. The van der Waals surface area contributed by atoms with Gasteiger partial charge >= 0.3 is 0 Å². The van der Waals surface area contributed by atoms with Crippen molar-refractivity contribution in [3.63, 3.8) is 0 Å². The van der Waals surface area contributed by atoms with E-state index in [-0.39, 0.29) is 11.5 Å². The van der Waals surface area contributed by atoms with Crippen LogP contribution in [0.15, 0.2) is 0 Å². The first kappa shape index (κ1) is 11.9. The summed E-state index contributed by atoms with van der Waals surface area (Å²) in [4.78, 5) is 0. The van der Waals surface area contributed by atoms with Crippen molar-refractivity contribution in [1.29, 1.82) is 5.26 Å². The van der Waals surface area contributed by atoms with Crippen molar-refractivity contribution < 1.29 is 4.74 Å². The molecule has 90 valence electrons. The van der Waals surface area contributed by atoms with Crippen molar-refractivity contribution in [2.24, 2.45) is 5.92 Å². The van der Waals surface area contributed by atoms with Gasteiger partial charge in [0.05, 0.1) is 17.6 Å². The number of nitrogens with zero attached hydrogens (tertiary/aromatic N) is 1. The molecule has 0 bridgehead atoms. The lowest BCUT2D eigenvalue weighted by Crippen LogP contribution is -2.46. The van der Waals surface area contributed by atoms with E-state index in [4.69, 9.17) is 10.00 Å². The molecule has 3 unspecified atom stereocenters. The molecule has 1 N–H and O–H groups in total. The highest BCUT2D eigenvalue weighted by atomic mass is 16.5. The van der Waals surface area contributed by atoms with Crippen molar-refractivity contribution in [1.82, 2.24) is 5.32 Å². The molecule has 1 aliphatic carbocycles. The molecule has 0 aromatic heterocycles. The molecular formula is C13H22N2O. The van der Waals surface area contributed by atoms with Gasteiger partial charge in [0.15, 0.2) is 0 Å². The van der Waals surface area contributed by atoms with E-state index in [2.05, 4.69) is 18.3 Å². The van der Waals surface area contributed by atoms with Gasteiger partial charge in [-0.1, -0.05) is 12.8 Å². The second-order valence-electron chi connectivity index (χ2n) is 5.41. The standard InChI is InChI=1S/C13H22N2O/c1-13(7-4-8-16-13)10-15-12-6-3-2-5-11(12)9-14/h11-12,15H,2-8,10H2,1H3. The minimum absolute atomic E-state index is 0.0114. The number of hydrogen-bond donors (Lipinski definition) is 1. The smallest absolute Gasteiger partial charge is 0.0779 e. The average molecular weight is 222 g/mol. The molecule has 2 fully saturated rings. The molecule has 3 heteroatoms. The third kappa shape index (κ3) is 2.75. The summed E-state index contributed by atoms with van der Waals surface area (Å²) in [7, 11) is 0. The zero-order valence-corrected chi connectivity index (χ0v) is 10.2. The molecule has 0 aromatic carbocycles. The van der Waals surface area contributed by atoms with Crippen LogP contribution in [0.4, 0.5) is 0 Å². The lowest BCUT2D eigenvalue weighted by Gasteiger charge is -2.32. The Bertz CT molecular complexity index is 266. The van der Waals surface area contributed by atoms with E-state index in [1.54, 1.807) is 0 Å². The van der Waals surface area contributed by atoms with Gasteiger partial charge < -0.3 is 10.1 Å². The highest BCUT2D eigenvalue weighted by Crippen LogP contribution is 2.27. The van der Waals surface area contributed by atoms with Crippen molar-refractivity contribution in [3.05, 3.63) is 0 Å². The van der Waals surface area contributed by atoms with E-state index in [0.29, 0.717) is 6.04 Å². The lowest BCUT2D eigenvalue weighted by atomic mass is 9.85. The van der Waals surface area contributed by atoms with Crippen LogP contribution in [0.2, 0.25) is 0 Å². The Morgan fingerprint density at radius 1 is 1.38 bits per heavy atom. The fraction of sp³-hybridized carbons (Fsp3) is 0.923. The maximum atomic E-state index is 9.10. The van der Waals surface area contributed by atoms with Gasteiger partial charge in [0.1, 0.15) is 0 Å². The van der Waals surface area contributed by atoms with Crippen LogP contribution in [0, 0.1) is 17.2 Å². The second-order valence-corrected chi connectivity index (χ2v) is 5.41. The lowest BCUT2D eigenvalue weighted by molar-refractivity contribution is 0.0167. The molecule has 1 saturated heterocycles. The van der Waals surface area contributed by atoms with Gasteiger partial charge in [-0.05, 0) is 32.6 Å². The molecule has 0 spiro atoms. The summed E-state index contributed by atoms with van der Waals surface area (Å²) >= 11 is 0. The Balaban J connectivity index is 1.82. The Morgan fingerprint density at radius 2 is 2.19 bits per heavy atom. The van der Waals surface area contributed by atoms with Gasteiger partial charge in [0.25, 0.3) is 0 Å². The Morgan fingerprint density at radius 3 is 2.88 bits per heavy atom. The predicted octanol–water partition coefficient (Wildman–Crippen LogP) is 2.23. The van der Waals surface area contributed by atoms with Crippen LogP contribution >= 0.6 is 0 Å². The Kier molecular flexibility index (Phi) is 3.83. The fourth-order valence-electron chi connectivity index (χ4n) is 2.85. The van der Waals surface area contributed by atoms with E-state index in [1.165, 1.54) is 19.3 Å². The third-order valence-corrected chi connectivity index (χ3v) is 3.97. The van der Waals surface area contributed by atoms with E-state index in [0.717, 1.165) is 32.4 Å². The first-order valence-corrected chi connectivity index (χ1v) is 6.50. The summed E-state index contributed by atoms with van der Waals surface area (Å²) in [6, 6.07) is 2.83. The molecule has 0 radical (unpaired) electrons. The van der Waals surface area contributed by atoms with Crippen LogP contribution in [0.25, 0.3) is 0 Å². The maximum Gasteiger partial charge on any atom is 0.0779 e. The van der Waals surface area contributed by atoms with Gasteiger partial charge in [0.2, 0.25) is 0 Å². The van der Waals surface area contributed by atoms with Crippen LogP contribution in [0.1, 0.15) is 45.4 Å². The Hall–Kier alpha value is -0.590. The average Bonchev–Trinajstić information content (AvgIpc) is 2.74. The number of ether oxygens (including phenoxy) is 1. The zero-order chi connectivity index (χ0) is 11.4. The minimum Gasteiger partial charge on any atom is -0.374 e. The van der Waals surface area contributed by atoms with E-state index in [1.807, 2.05) is 0 Å². The highest BCUT2D eigenvalue weighted by Gasteiger charge is 2.32. The van der Waals surface area contributed by atoms with Crippen LogP contribution in [0.3, 0.4) is 0 Å². The quantitative estimate of drug-likeness (QED) is 0.796. The molecule has 2 rings (SSSR count). The van der Waals surface area contributed by atoms with Crippen LogP contribution in [-0.2, 0) is 4.74 Å². The molecule has 3 nitrogen and oxygen atoms in total. The fourth-order valence-corrected chi connectivity index (χ4v) is 2.85. The normalized spacial score (nSPS) is 39.5. The number of hydrogen-bond acceptors (Lipinski definition) is 3. The highest BCUT2D eigenvalue weighted by molar-refractivity contribution is 4.96. The second kappa shape index (κ2) is 5.16. The minimum atomic E-state index is 0.0114. The van der Waals surface area contributed by atoms with Gasteiger partial charge in [-0.15, -0.1) is 0 Å². The van der Waals surface area contributed by atoms with Gasteiger partial charge in [-0.25, -0.2) is 0 Å². The monoisotopic (exact) mass is 222 g/mol. The molecule has 1 saturated carbocycles. The van der Waals surface area contributed by atoms with E-state index < -0.39 is 0 Å². The Labute approximate surface area is 98.2 Å². The molecule has 1 heterocycles. The maximum absolute atomic E-state index is 9.10. The number of nitriles is 1. The van der Waals surface area contributed by atoms with Crippen molar-refractivity contribution in [2.75, 3.05) is 13.2 Å². The van der Waals surface area contributed by atoms with Crippen LogP contribution < -0.4 is 5.32 Å².